The fraction of sp³-hybridized carbons (Fsp3) is 0.333. The Kier molecular flexibility index (Phi) is 1.30. The van der Waals surface area contributed by atoms with Gasteiger partial charge in [-0.25, -0.2) is 9.50 Å². The molecule has 66 valence electrons. The largest absolute Gasteiger partial charge is 0.379 e. The van der Waals surface area contributed by atoms with Crippen molar-refractivity contribution in [2.75, 3.05) is 5.32 Å². The van der Waals surface area contributed by atoms with Gasteiger partial charge in [-0.05, 0) is 18.9 Å². The second-order valence-corrected chi connectivity index (χ2v) is 3.36. The molecule has 4 heteroatoms. The summed E-state index contributed by atoms with van der Waals surface area (Å²) in [5.41, 5.74) is 2.00. The number of nitrogens with one attached hydrogen (secondary N) is 1. The Bertz CT molecular complexity index is 430. The van der Waals surface area contributed by atoms with Crippen LogP contribution in [0.5, 0.6) is 0 Å². The molecule has 1 saturated carbocycles. The molecule has 0 unspecified atom stereocenters. The first-order chi connectivity index (χ1) is 6.43. The molecule has 1 aliphatic carbocycles. The standard InChI is InChI=1S/C9H10N4/c1-2-7(1)12-8-3-4-11-13-6-5-10-9(8)13/h3-7,12H,1-2H2. The third kappa shape index (κ3) is 1.14. The van der Waals surface area contributed by atoms with Crippen molar-refractivity contribution in [3.05, 3.63) is 24.7 Å². The van der Waals surface area contributed by atoms with Crippen LogP contribution in [-0.2, 0) is 0 Å². The molecular weight excluding hydrogens is 164 g/mol. The molecule has 0 spiro atoms. The molecule has 2 aromatic rings. The highest BCUT2D eigenvalue weighted by Crippen LogP contribution is 2.25. The van der Waals surface area contributed by atoms with Crippen molar-refractivity contribution < 1.29 is 0 Å². The molecule has 0 atom stereocenters. The van der Waals surface area contributed by atoms with Gasteiger partial charge < -0.3 is 5.32 Å². The minimum absolute atomic E-state index is 0.655. The normalized spacial score (nSPS) is 16.3. The number of rotatable bonds is 2. The van der Waals surface area contributed by atoms with Crippen molar-refractivity contribution >= 4 is 11.3 Å². The van der Waals surface area contributed by atoms with E-state index in [0.717, 1.165) is 11.3 Å². The van der Waals surface area contributed by atoms with Gasteiger partial charge in [0.15, 0.2) is 5.65 Å². The Morgan fingerprint density at radius 1 is 1.38 bits per heavy atom. The zero-order valence-corrected chi connectivity index (χ0v) is 7.14. The Balaban J connectivity index is 2.09. The Labute approximate surface area is 75.6 Å². The summed E-state index contributed by atoms with van der Waals surface area (Å²) in [4.78, 5) is 4.24. The molecule has 1 aliphatic rings. The lowest BCUT2D eigenvalue weighted by Crippen LogP contribution is -2.03. The van der Waals surface area contributed by atoms with Gasteiger partial charge in [0.25, 0.3) is 0 Å². The maximum absolute atomic E-state index is 4.24. The van der Waals surface area contributed by atoms with Crippen molar-refractivity contribution in [3.63, 3.8) is 0 Å². The van der Waals surface area contributed by atoms with Crippen molar-refractivity contribution in [3.8, 4) is 0 Å². The van der Waals surface area contributed by atoms with Gasteiger partial charge in [-0.3, -0.25) is 0 Å². The second-order valence-electron chi connectivity index (χ2n) is 3.36. The Hall–Kier alpha value is -1.58. The van der Waals surface area contributed by atoms with E-state index >= 15 is 0 Å². The van der Waals surface area contributed by atoms with Gasteiger partial charge in [-0.2, -0.15) is 5.10 Å². The summed E-state index contributed by atoms with van der Waals surface area (Å²) in [6, 6.07) is 2.63. The molecule has 1 fully saturated rings. The van der Waals surface area contributed by atoms with Crippen LogP contribution in [0.3, 0.4) is 0 Å². The summed E-state index contributed by atoms with van der Waals surface area (Å²) in [6.07, 6.45) is 7.96. The number of anilines is 1. The van der Waals surface area contributed by atoms with E-state index in [4.69, 9.17) is 0 Å². The summed E-state index contributed by atoms with van der Waals surface area (Å²) < 4.78 is 1.78. The quantitative estimate of drug-likeness (QED) is 0.746. The maximum atomic E-state index is 4.24. The molecule has 4 nitrogen and oxygen atoms in total. The van der Waals surface area contributed by atoms with Crippen LogP contribution in [0, 0.1) is 0 Å². The highest BCUT2D eigenvalue weighted by Gasteiger charge is 2.21. The van der Waals surface area contributed by atoms with Gasteiger partial charge in [0.2, 0.25) is 0 Å². The zero-order chi connectivity index (χ0) is 8.67. The van der Waals surface area contributed by atoms with Crippen LogP contribution in [-0.4, -0.2) is 20.6 Å². The van der Waals surface area contributed by atoms with E-state index in [9.17, 15) is 0 Å². The SMILES string of the molecule is c1cn2nccc(NC3CC3)c2n1. The summed E-state index contributed by atoms with van der Waals surface area (Å²) in [6.45, 7) is 0. The van der Waals surface area contributed by atoms with Crippen LogP contribution in [0.4, 0.5) is 5.69 Å². The number of aromatic nitrogens is 3. The molecule has 0 amide bonds. The molecular formula is C9H10N4. The Morgan fingerprint density at radius 3 is 3.15 bits per heavy atom. The highest BCUT2D eigenvalue weighted by atomic mass is 15.2. The van der Waals surface area contributed by atoms with Gasteiger partial charge in [0.1, 0.15) is 0 Å². The first-order valence-electron chi connectivity index (χ1n) is 4.48. The summed E-state index contributed by atoms with van der Waals surface area (Å²) in [5.74, 6) is 0. The molecule has 2 heterocycles. The van der Waals surface area contributed by atoms with Crippen LogP contribution < -0.4 is 5.32 Å². The second kappa shape index (κ2) is 2.45. The van der Waals surface area contributed by atoms with E-state index in [-0.39, 0.29) is 0 Å². The lowest BCUT2D eigenvalue weighted by atomic mass is 10.4. The average Bonchev–Trinajstić information content (AvgIpc) is 2.83. The third-order valence-electron chi connectivity index (χ3n) is 2.23. The van der Waals surface area contributed by atoms with E-state index in [1.165, 1.54) is 12.8 Å². The van der Waals surface area contributed by atoms with Crippen LogP contribution in [0.25, 0.3) is 5.65 Å². The highest BCUT2D eigenvalue weighted by molar-refractivity contribution is 5.66. The first-order valence-corrected chi connectivity index (χ1v) is 4.48. The lowest BCUT2D eigenvalue weighted by Gasteiger charge is -2.04. The van der Waals surface area contributed by atoms with E-state index in [0.29, 0.717) is 6.04 Å². The molecule has 0 radical (unpaired) electrons. The van der Waals surface area contributed by atoms with E-state index in [1.54, 1.807) is 16.9 Å². The summed E-state index contributed by atoms with van der Waals surface area (Å²) >= 11 is 0. The fourth-order valence-electron chi connectivity index (χ4n) is 1.40. The topological polar surface area (TPSA) is 42.2 Å². The number of nitrogens with zero attached hydrogens (tertiary/aromatic N) is 3. The number of imidazole rings is 1. The summed E-state index contributed by atoms with van der Waals surface area (Å²) in [5, 5.41) is 7.57. The lowest BCUT2D eigenvalue weighted by molar-refractivity contribution is 0.933. The van der Waals surface area contributed by atoms with E-state index in [1.807, 2.05) is 12.3 Å². The van der Waals surface area contributed by atoms with Crippen LogP contribution in [0.15, 0.2) is 24.7 Å². The van der Waals surface area contributed by atoms with Crippen LogP contribution >= 0.6 is 0 Å². The maximum Gasteiger partial charge on any atom is 0.176 e. The van der Waals surface area contributed by atoms with Gasteiger partial charge >= 0.3 is 0 Å². The van der Waals surface area contributed by atoms with E-state index < -0.39 is 0 Å². The molecule has 13 heavy (non-hydrogen) atoms. The molecule has 0 saturated heterocycles. The summed E-state index contributed by atoms with van der Waals surface area (Å²) in [7, 11) is 0. The van der Waals surface area contributed by atoms with Crippen molar-refractivity contribution in [1.82, 2.24) is 14.6 Å². The first kappa shape index (κ1) is 6.88. The van der Waals surface area contributed by atoms with E-state index in [2.05, 4.69) is 15.4 Å². The molecule has 0 aromatic carbocycles. The van der Waals surface area contributed by atoms with Crippen molar-refractivity contribution in [2.24, 2.45) is 0 Å². The Morgan fingerprint density at radius 2 is 2.31 bits per heavy atom. The molecule has 2 aromatic heterocycles. The molecule has 3 rings (SSSR count). The fourth-order valence-corrected chi connectivity index (χ4v) is 1.40. The third-order valence-corrected chi connectivity index (χ3v) is 2.23. The van der Waals surface area contributed by atoms with Crippen LogP contribution in [0.2, 0.25) is 0 Å². The molecule has 0 bridgehead atoms. The predicted octanol–water partition coefficient (Wildman–Crippen LogP) is 1.30. The monoisotopic (exact) mass is 174 g/mol. The van der Waals surface area contributed by atoms with Gasteiger partial charge in [0, 0.05) is 18.4 Å². The molecule has 1 N–H and O–H groups in total. The minimum atomic E-state index is 0.655. The minimum Gasteiger partial charge on any atom is -0.379 e. The zero-order valence-electron chi connectivity index (χ0n) is 7.14. The number of hydrogen-bond donors (Lipinski definition) is 1. The molecule has 0 aliphatic heterocycles. The van der Waals surface area contributed by atoms with Gasteiger partial charge in [-0.1, -0.05) is 0 Å². The number of fused-ring (bicyclic) bond motifs is 1. The van der Waals surface area contributed by atoms with Gasteiger partial charge in [0.05, 0.1) is 11.9 Å². The smallest absolute Gasteiger partial charge is 0.176 e. The number of hydrogen-bond acceptors (Lipinski definition) is 3. The van der Waals surface area contributed by atoms with Crippen molar-refractivity contribution in [2.45, 2.75) is 18.9 Å². The van der Waals surface area contributed by atoms with Gasteiger partial charge in [-0.15, -0.1) is 0 Å². The predicted molar refractivity (Wildman–Crippen MR) is 49.6 cm³/mol. The van der Waals surface area contributed by atoms with Crippen molar-refractivity contribution in [1.29, 1.82) is 0 Å². The van der Waals surface area contributed by atoms with Crippen LogP contribution in [0.1, 0.15) is 12.8 Å². The average molecular weight is 174 g/mol.